The van der Waals surface area contributed by atoms with E-state index in [1.165, 1.54) is 17.0 Å². The zero-order valence-electron chi connectivity index (χ0n) is 24.1. The number of sulfonamides is 1. The second kappa shape index (κ2) is 15.8. The zero-order valence-corrected chi connectivity index (χ0v) is 26.4. The van der Waals surface area contributed by atoms with Crippen molar-refractivity contribution in [2.45, 2.75) is 57.5 Å². The first-order chi connectivity index (χ1) is 20.1. The Kier molecular flexibility index (Phi) is 12.5. The van der Waals surface area contributed by atoms with E-state index < -0.39 is 28.5 Å². The van der Waals surface area contributed by atoms with Crippen LogP contribution >= 0.6 is 23.2 Å². The lowest BCUT2D eigenvalue weighted by Crippen LogP contribution is -2.52. The van der Waals surface area contributed by atoms with Gasteiger partial charge in [-0.3, -0.25) is 13.9 Å². The Bertz CT molecular complexity index is 1440. The number of nitrogens with one attached hydrogen (secondary N) is 1. The van der Waals surface area contributed by atoms with E-state index in [9.17, 15) is 18.0 Å². The van der Waals surface area contributed by atoms with Gasteiger partial charge in [-0.1, -0.05) is 67.7 Å². The van der Waals surface area contributed by atoms with Crippen LogP contribution in [0.15, 0.2) is 77.7 Å². The largest absolute Gasteiger partial charge is 0.494 e. The summed E-state index contributed by atoms with van der Waals surface area (Å²) in [6, 6.07) is 18.5. The third-order valence-electron chi connectivity index (χ3n) is 6.62. The van der Waals surface area contributed by atoms with Crippen LogP contribution in [-0.2, 0) is 26.2 Å². The van der Waals surface area contributed by atoms with E-state index in [1.54, 1.807) is 67.6 Å². The number of carbonyl (C=O) groups is 2. The molecule has 3 aromatic carbocycles. The number of amides is 2. The Labute approximate surface area is 258 Å². The van der Waals surface area contributed by atoms with Gasteiger partial charge in [0.05, 0.1) is 17.2 Å². The maximum Gasteiger partial charge on any atom is 0.264 e. The van der Waals surface area contributed by atoms with Gasteiger partial charge in [0.25, 0.3) is 10.0 Å². The number of hydrogen-bond donors (Lipinski definition) is 1. The molecule has 0 bridgehead atoms. The van der Waals surface area contributed by atoms with Gasteiger partial charge in [0, 0.05) is 23.1 Å². The quantitative estimate of drug-likeness (QED) is 0.198. The molecule has 42 heavy (non-hydrogen) atoms. The summed E-state index contributed by atoms with van der Waals surface area (Å²) in [6.07, 6.45) is 2.00. The molecule has 0 aliphatic heterocycles. The maximum absolute atomic E-state index is 14.1. The number of carbonyl (C=O) groups excluding carboxylic acids is 2. The maximum atomic E-state index is 14.1. The van der Waals surface area contributed by atoms with E-state index in [2.05, 4.69) is 5.32 Å². The fourth-order valence-electron chi connectivity index (χ4n) is 4.38. The molecular formula is C31H37Cl2N3O5S. The molecule has 0 fully saturated rings. The number of nitrogens with zero attached hydrogens (tertiary/aromatic N) is 2. The highest BCUT2D eigenvalue weighted by Crippen LogP contribution is 2.27. The summed E-state index contributed by atoms with van der Waals surface area (Å²) < 4.78 is 34.4. The third-order valence-corrected chi connectivity index (χ3v) is 8.99. The average molecular weight is 635 g/mol. The van der Waals surface area contributed by atoms with Crippen LogP contribution in [0, 0.1) is 0 Å². The van der Waals surface area contributed by atoms with Crippen LogP contribution in [0.1, 0.15) is 45.6 Å². The second-order valence-electron chi connectivity index (χ2n) is 9.58. The lowest BCUT2D eigenvalue weighted by molar-refractivity contribution is -0.140. The molecular weight excluding hydrogens is 597 g/mol. The van der Waals surface area contributed by atoms with Gasteiger partial charge in [-0.2, -0.15) is 0 Å². The van der Waals surface area contributed by atoms with Crippen molar-refractivity contribution in [1.82, 2.24) is 10.2 Å². The molecule has 0 aliphatic rings. The fourth-order valence-corrected chi connectivity index (χ4v) is 6.27. The lowest BCUT2D eigenvalue weighted by Gasteiger charge is -2.33. The number of unbranched alkanes of at least 4 members (excludes halogenated alkanes) is 1. The van der Waals surface area contributed by atoms with Gasteiger partial charge in [-0.05, 0) is 73.9 Å². The molecule has 0 heterocycles. The standard InChI is InChI=1S/C31H37Cl2N3O5S/c1-4-7-19-34-31(38)29(5-2)35(21-23-13-14-24(32)20-28(23)33)30(37)22-36(25-11-9-8-10-12-25)42(39,40)27-17-15-26(16-18-27)41-6-3/h8-18,20,29H,4-7,19,21-22H2,1-3H3,(H,34,38)/t29-/m0/s1. The summed E-state index contributed by atoms with van der Waals surface area (Å²) in [5.74, 6) is -0.341. The van der Waals surface area contributed by atoms with Crippen molar-refractivity contribution in [1.29, 1.82) is 0 Å². The Balaban J connectivity index is 2.02. The summed E-state index contributed by atoms with van der Waals surface area (Å²) in [4.78, 5) is 28.8. The van der Waals surface area contributed by atoms with Crippen LogP contribution in [0.5, 0.6) is 5.75 Å². The van der Waals surface area contributed by atoms with Gasteiger partial charge in [-0.25, -0.2) is 8.42 Å². The van der Waals surface area contributed by atoms with Crippen LogP contribution in [0.4, 0.5) is 5.69 Å². The van der Waals surface area contributed by atoms with Gasteiger partial charge < -0.3 is 15.0 Å². The van der Waals surface area contributed by atoms with Crippen LogP contribution < -0.4 is 14.4 Å². The lowest BCUT2D eigenvalue weighted by atomic mass is 10.1. The summed E-state index contributed by atoms with van der Waals surface area (Å²) >= 11 is 12.5. The smallest absolute Gasteiger partial charge is 0.264 e. The van der Waals surface area contributed by atoms with E-state index in [-0.39, 0.29) is 17.3 Å². The van der Waals surface area contributed by atoms with Crippen molar-refractivity contribution >= 4 is 50.7 Å². The Morgan fingerprint density at radius 2 is 1.64 bits per heavy atom. The molecule has 1 N–H and O–H groups in total. The van der Waals surface area contributed by atoms with Crippen molar-refractivity contribution in [2.24, 2.45) is 0 Å². The van der Waals surface area contributed by atoms with Crippen molar-refractivity contribution in [2.75, 3.05) is 24.0 Å². The van der Waals surface area contributed by atoms with Crippen LogP contribution in [0.3, 0.4) is 0 Å². The van der Waals surface area contributed by atoms with Crippen molar-refractivity contribution in [3.05, 3.63) is 88.4 Å². The fraction of sp³-hybridized carbons (Fsp3) is 0.355. The van der Waals surface area contributed by atoms with Crippen LogP contribution in [-0.4, -0.2) is 50.9 Å². The molecule has 0 radical (unpaired) electrons. The highest BCUT2D eigenvalue weighted by Gasteiger charge is 2.34. The number of hydrogen-bond acceptors (Lipinski definition) is 5. The van der Waals surface area contributed by atoms with Gasteiger partial charge in [0.2, 0.25) is 11.8 Å². The zero-order chi connectivity index (χ0) is 30.7. The molecule has 2 amide bonds. The highest BCUT2D eigenvalue weighted by atomic mass is 35.5. The number of para-hydroxylation sites is 1. The predicted molar refractivity (Wildman–Crippen MR) is 168 cm³/mol. The van der Waals surface area contributed by atoms with Gasteiger partial charge in [-0.15, -0.1) is 0 Å². The van der Waals surface area contributed by atoms with E-state index in [0.717, 1.165) is 17.1 Å². The normalized spacial score (nSPS) is 11.9. The molecule has 0 saturated carbocycles. The minimum Gasteiger partial charge on any atom is -0.494 e. The minimum absolute atomic E-state index is 0.000693. The number of halogens is 2. The molecule has 0 aliphatic carbocycles. The summed E-state index contributed by atoms with van der Waals surface area (Å²) in [5, 5.41) is 3.68. The minimum atomic E-state index is -4.19. The number of ether oxygens (including phenoxy) is 1. The molecule has 3 rings (SSSR count). The molecule has 226 valence electrons. The number of rotatable bonds is 15. The molecule has 11 heteroatoms. The van der Waals surface area contributed by atoms with E-state index in [4.69, 9.17) is 27.9 Å². The molecule has 3 aromatic rings. The Morgan fingerprint density at radius 1 is 0.952 bits per heavy atom. The first-order valence-electron chi connectivity index (χ1n) is 13.9. The summed E-state index contributed by atoms with van der Waals surface area (Å²) in [7, 11) is -4.19. The number of benzene rings is 3. The molecule has 0 unspecified atom stereocenters. The van der Waals surface area contributed by atoms with Crippen molar-refractivity contribution in [3.63, 3.8) is 0 Å². The summed E-state index contributed by atoms with van der Waals surface area (Å²) in [6.45, 7) is 6.02. The van der Waals surface area contributed by atoms with E-state index in [1.807, 2.05) is 13.8 Å². The Hall–Kier alpha value is -3.27. The average Bonchev–Trinajstić information content (AvgIpc) is 2.97. The first-order valence-corrected chi connectivity index (χ1v) is 16.1. The first kappa shape index (κ1) is 33.2. The van der Waals surface area contributed by atoms with Gasteiger partial charge >= 0.3 is 0 Å². The SMILES string of the molecule is CCCCNC(=O)[C@H](CC)N(Cc1ccc(Cl)cc1Cl)C(=O)CN(c1ccccc1)S(=O)(=O)c1ccc(OCC)cc1. The monoisotopic (exact) mass is 633 g/mol. The molecule has 0 saturated heterocycles. The predicted octanol–water partition coefficient (Wildman–Crippen LogP) is 6.31. The molecule has 0 spiro atoms. The highest BCUT2D eigenvalue weighted by molar-refractivity contribution is 7.92. The van der Waals surface area contributed by atoms with E-state index in [0.29, 0.717) is 46.6 Å². The van der Waals surface area contributed by atoms with Crippen LogP contribution in [0.2, 0.25) is 10.0 Å². The van der Waals surface area contributed by atoms with Crippen molar-refractivity contribution in [3.8, 4) is 5.75 Å². The van der Waals surface area contributed by atoms with Gasteiger partial charge in [0.15, 0.2) is 0 Å². The summed E-state index contributed by atoms with van der Waals surface area (Å²) in [5.41, 5.74) is 0.888. The van der Waals surface area contributed by atoms with Crippen molar-refractivity contribution < 1.29 is 22.7 Å². The van der Waals surface area contributed by atoms with Gasteiger partial charge in [0.1, 0.15) is 18.3 Å². The van der Waals surface area contributed by atoms with Crippen LogP contribution in [0.25, 0.3) is 0 Å². The molecule has 1 atom stereocenters. The molecule has 0 aromatic heterocycles. The second-order valence-corrected chi connectivity index (χ2v) is 12.3. The topological polar surface area (TPSA) is 96.0 Å². The van der Waals surface area contributed by atoms with E-state index >= 15 is 0 Å². The Morgan fingerprint density at radius 3 is 2.24 bits per heavy atom. The number of anilines is 1. The molecule has 8 nitrogen and oxygen atoms in total. The third kappa shape index (κ3) is 8.63.